The van der Waals surface area contributed by atoms with Crippen molar-refractivity contribution in [3.8, 4) is 0 Å². The Morgan fingerprint density at radius 3 is 2.78 bits per heavy atom. The van der Waals surface area contributed by atoms with Crippen LogP contribution in [0.3, 0.4) is 0 Å². The van der Waals surface area contributed by atoms with Crippen LogP contribution in [0.2, 0.25) is 0 Å². The molecule has 0 aromatic heterocycles. The zero-order chi connectivity index (χ0) is 16.2. The number of hydrogen-bond acceptors (Lipinski definition) is 5. The third-order valence-electron chi connectivity index (χ3n) is 5.04. The fraction of sp³-hybridized carbons (Fsp3) is 0.556. The second-order valence-electron chi connectivity index (χ2n) is 6.45. The Hall–Kier alpha value is -1.17. The maximum Gasteiger partial charge on any atom is 0.219 e. The van der Waals surface area contributed by atoms with E-state index in [-0.39, 0.29) is 5.12 Å². The minimum Gasteiger partial charge on any atom is -0.302 e. The second kappa shape index (κ2) is 7.60. The lowest BCUT2D eigenvalue weighted by Crippen LogP contribution is -2.47. The van der Waals surface area contributed by atoms with Crippen molar-refractivity contribution in [2.24, 2.45) is 0 Å². The number of carbonyl (C=O) groups is 2. The first-order valence-corrected chi connectivity index (χ1v) is 9.52. The molecule has 1 aromatic carbocycles. The summed E-state index contributed by atoms with van der Waals surface area (Å²) in [5.74, 6) is 0. The minimum absolute atomic E-state index is 0.138. The van der Waals surface area contributed by atoms with Gasteiger partial charge in [-0.3, -0.25) is 14.6 Å². The number of carbonyl (C=O) groups excluding carboxylic acids is 2. The molecule has 2 bridgehead atoms. The number of benzene rings is 1. The van der Waals surface area contributed by atoms with Crippen molar-refractivity contribution in [2.75, 3.05) is 32.4 Å². The van der Waals surface area contributed by atoms with Gasteiger partial charge in [0, 0.05) is 30.7 Å². The summed E-state index contributed by atoms with van der Waals surface area (Å²) < 4.78 is 0. The van der Waals surface area contributed by atoms with E-state index in [1.165, 1.54) is 23.7 Å². The molecule has 2 aliphatic rings. The summed E-state index contributed by atoms with van der Waals surface area (Å²) in [5.41, 5.74) is 2.05. The quantitative estimate of drug-likeness (QED) is 0.715. The van der Waals surface area contributed by atoms with E-state index in [0.717, 1.165) is 44.3 Å². The lowest BCUT2D eigenvalue weighted by molar-refractivity contribution is -0.109. The zero-order valence-electron chi connectivity index (χ0n) is 13.6. The summed E-state index contributed by atoms with van der Waals surface area (Å²) in [6.45, 7) is 3.84. The fourth-order valence-corrected chi connectivity index (χ4v) is 4.25. The van der Waals surface area contributed by atoms with Crippen molar-refractivity contribution in [1.82, 2.24) is 9.80 Å². The van der Waals surface area contributed by atoms with Crippen LogP contribution in [0.1, 0.15) is 28.8 Å². The van der Waals surface area contributed by atoms with Crippen LogP contribution in [-0.2, 0) is 11.2 Å². The average molecular weight is 332 g/mol. The van der Waals surface area contributed by atoms with Crippen LogP contribution in [0.4, 0.5) is 0 Å². The topological polar surface area (TPSA) is 40.6 Å². The standard InChI is InChI=1S/C18H24N2O2S/c1-23-18(22)15-6-2-4-14(10-15)5-3-7-19-12-17-11-16(19)13-20(17)8-9-21/h2,4,6,9-10,16-17H,3,5,7-8,11-13H2,1H3/t16-,17-/m0/s1. The predicted molar refractivity (Wildman–Crippen MR) is 94.0 cm³/mol. The molecule has 3 rings (SSSR count). The van der Waals surface area contributed by atoms with Gasteiger partial charge in [0.25, 0.3) is 0 Å². The molecule has 124 valence electrons. The van der Waals surface area contributed by atoms with Gasteiger partial charge in [-0.15, -0.1) is 0 Å². The number of likely N-dealkylation sites (tertiary alicyclic amines) is 2. The van der Waals surface area contributed by atoms with Crippen molar-refractivity contribution in [3.63, 3.8) is 0 Å². The van der Waals surface area contributed by atoms with Crippen LogP contribution in [0.15, 0.2) is 24.3 Å². The fourth-order valence-electron chi connectivity index (χ4n) is 3.88. The Labute approximate surface area is 142 Å². The molecule has 0 spiro atoms. The lowest BCUT2D eigenvalue weighted by Gasteiger charge is -2.33. The smallest absolute Gasteiger partial charge is 0.219 e. The third kappa shape index (κ3) is 3.84. The molecule has 2 fully saturated rings. The molecule has 5 heteroatoms. The van der Waals surface area contributed by atoms with Crippen LogP contribution in [0.25, 0.3) is 0 Å². The Morgan fingerprint density at radius 2 is 2.09 bits per heavy atom. The van der Waals surface area contributed by atoms with Gasteiger partial charge >= 0.3 is 0 Å². The molecule has 23 heavy (non-hydrogen) atoms. The number of aryl methyl sites for hydroxylation is 1. The van der Waals surface area contributed by atoms with Crippen molar-refractivity contribution < 1.29 is 9.59 Å². The van der Waals surface area contributed by atoms with E-state index < -0.39 is 0 Å². The predicted octanol–water partition coefficient (Wildman–Crippen LogP) is 2.08. The summed E-state index contributed by atoms with van der Waals surface area (Å²) in [4.78, 5) is 27.3. The highest BCUT2D eigenvalue weighted by molar-refractivity contribution is 8.13. The van der Waals surface area contributed by atoms with Gasteiger partial charge in [-0.25, -0.2) is 0 Å². The molecule has 2 heterocycles. The van der Waals surface area contributed by atoms with E-state index in [1.807, 2.05) is 24.5 Å². The summed E-state index contributed by atoms with van der Waals surface area (Å²) in [7, 11) is 0. The summed E-state index contributed by atoms with van der Waals surface area (Å²) in [5, 5.41) is 0.138. The molecule has 2 aliphatic heterocycles. The number of thioether (sulfide) groups is 1. The Morgan fingerprint density at radius 1 is 1.30 bits per heavy atom. The molecule has 0 radical (unpaired) electrons. The Bertz CT molecular complexity index is 578. The average Bonchev–Trinajstić information content (AvgIpc) is 3.15. The van der Waals surface area contributed by atoms with Crippen LogP contribution < -0.4 is 0 Å². The molecule has 4 nitrogen and oxygen atoms in total. The van der Waals surface area contributed by atoms with E-state index in [4.69, 9.17) is 0 Å². The number of piperazine rings is 1. The first-order chi connectivity index (χ1) is 11.2. The van der Waals surface area contributed by atoms with Crippen molar-refractivity contribution in [3.05, 3.63) is 35.4 Å². The summed E-state index contributed by atoms with van der Waals surface area (Å²) in [6.07, 6.45) is 6.19. The first kappa shape index (κ1) is 16.7. The Balaban J connectivity index is 1.46. The molecular weight excluding hydrogens is 308 g/mol. The number of hydrogen-bond donors (Lipinski definition) is 0. The number of rotatable bonds is 7. The van der Waals surface area contributed by atoms with Crippen molar-refractivity contribution in [1.29, 1.82) is 0 Å². The van der Waals surface area contributed by atoms with Crippen LogP contribution in [-0.4, -0.2) is 65.7 Å². The third-order valence-corrected chi connectivity index (χ3v) is 5.64. The SMILES string of the molecule is CSC(=O)c1cccc(CCCN2C[C@@H]3C[C@H]2CN3CC=O)c1. The number of aldehydes is 1. The van der Waals surface area contributed by atoms with Gasteiger partial charge in [-0.2, -0.15) is 0 Å². The highest BCUT2D eigenvalue weighted by Crippen LogP contribution is 2.30. The highest BCUT2D eigenvalue weighted by Gasteiger charge is 2.42. The van der Waals surface area contributed by atoms with Gasteiger partial charge in [0.15, 0.2) is 0 Å². The van der Waals surface area contributed by atoms with Gasteiger partial charge in [-0.05, 0) is 43.7 Å². The van der Waals surface area contributed by atoms with Gasteiger partial charge < -0.3 is 4.79 Å². The molecule has 0 aliphatic carbocycles. The molecule has 1 aromatic rings. The van der Waals surface area contributed by atoms with Gasteiger partial charge in [0.2, 0.25) is 5.12 Å². The van der Waals surface area contributed by atoms with E-state index in [2.05, 4.69) is 15.9 Å². The van der Waals surface area contributed by atoms with E-state index >= 15 is 0 Å². The number of nitrogens with zero attached hydrogens (tertiary/aromatic N) is 2. The molecule has 2 atom stereocenters. The lowest BCUT2D eigenvalue weighted by atomic mass is 10.1. The second-order valence-corrected chi connectivity index (χ2v) is 7.23. The van der Waals surface area contributed by atoms with Crippen LogP contribution in [0.5, 0.6) is 0 Å². The largest absolute Gasteiger partial charge is 0.302 e. The molecule has 0 amide bonds. The van der Waals surface area contributed by atoms with Crippen molar-refractivity contribution in [2.45, 2.75) is 31.3 Å². The van der Waals surface area contributed by atoms with E-state index in [9.17, 15) is 9.59 Å². The maximum absolute atomic E-state index is 11.7. The van der Waals surface area contributed by atoms with Crippen molar-refractivity contribution >= 4 is 23.2 Å². The van der Waals surface area contributed by atoms with Gasteiger partial charge in [0.1, 0.15) is 6.29 Å². The maximum atomic E-state index is 11.7. The minimum atomic E-state index is 0.138. The van der Waals surface area contributed by atoms with E-state index in [0.29, 0.717) is 18.6 Å². The van der Waals surface area contributed by atoms with Gasteiger partial charge in [-0.1, -0.05) is 30.0 Å². The molecule has 0 unspecified atom stereocenters. The molecule has 0 saturated carbocycles. The monoisotopic (exact) mass is 332 g/mol. The molecule has 2 saturated heterocycles. The van der Waals surface area contributed by atoms with Crippen LogP contribution in [0, 0.1) is 0 Å². The highest BCUT2D eigenvalue weighted by atomic mass is 32.2. The number of fused-ring (bicyclic) bond motifs is 2. The summed E-state index contributed by atoms with van der Waals surface area (Å²) in [6, 6.07) is 9.22. The summed E-state index contributed by atoms with van der Waals surface area (Å²) >= 11 is 1.27. The van der Waals surface area contributed by atoms with Crippen LogP contribution >= 0.6 is 11.8 Å². The Kier molecular flexibility index (Phi) is 5.51. The molecular formula is C18H24N2O2S. The normalized spacial score (nSPS) is 24.2. The first-order valence-electron chi connectivity index (χ1n) is 8.30. The zero-order valence-corrected chi connectivity index (χ0v) is 14.4. The van der Waals surface area contributed by atoms with Gasteiger partial charge in [0.05, 0.1) is 6.54 Å². The van der Waals surface area contributed by atoms with E-state index in [1.54, 1.807) is 0 Å². The molecule has 0 N–H and O–H groups in total.